The minimum atomic E-state index is -0.314. The minimum Gasteiger partial charge on any atom is -0.345 e. The molecule has 158 valence electrons. The van der Waals surface area contributed by atoms with Crippen LogP contribution >= 0.6 is 0 Å². The molecule has 0 aliphatic rings. The fourth-order valence-corrected chi connectivity index (χ4v) is 3.59. The highest BCUT2D eigenvalue weighted by Crippen LogP contribution is 2.24. The van der Waals surface area contributed by atoms with Crippen molar-refractivity contribution < 1.29 is 9.18 Å². The second kappa shape index (κ2) is 8.55. The summed E-state index contributed by atoms with van der Waals surface area (Å²) in [6.45, 7) is 5.95. The van der Waals surface area contributed by atoms with E-state index in [-0.39, 0.29) is 23.7 Å². The van der Waals surface area contributed by atoms with Crippen LogP contribution in [0.15, 0.2) is 73.2 Å². The third-order valence-electron chi connectivity index (χ3n) is 5.16. The van der Waals surface area contributed by atoms with Gasteiger partial charge in [-0.25, -0.2) is 13.8 Å². The Bertz CT molecular complexity index is 1180. The van der Waals surface area contributed by atoms with E-state index >= 15 is 0 Å². The van der Waals surface area contributed by atoms with E-state index in [1.807, 2.05) is 57.3 Å². The Balaban J connectivity index is 1.59. The van der Waals surface area contributed by atoms with Gasteiger partial charge in [-0.2, -0.15) is 10.2 Å². The molecule has 0 bridgehead atoms. The average Bonchev–Trinajstić information content (AvgIpc) is 3.45. The highest BCUT2D eigenvalue weighted by Gasteiger charge is 2.22. The van der Waals surface area contributed by atoms with Crippen LogP contribution in [0.2, 0.25) is 0 Å². The van der Waals surface area contributed by atoms with Crippen LogP contribution in [-0.2, 0) is 0 Å². The molecule has 0 saturated carbocycles. The predicted molar refractivity (Wildman–Crippen MR) is 117 cm³/mol. The maximum atomic E-state index is 13.3. The van der Waals surface area contributed by atoms with Gasteiger partial charge in [-0.3, -0.25) is 4.79 Å². The lowest BCUT2D eigenvalue weighted by atomic mass is 10.0. The zero-order chi connectivity index (χ0) is 22.0. The maximum Gasteiger partial charge on any atom is 0.255 e. The molecule has 1 amide bonds. The number of nitrogens with zero attached hydrogens (tertiary/aromatic N) is 4. The van der Waals surface area contributed by atoms with Crippen LogP contribution in [0.3, 0.4) is 0 Å². The molecule has 0 radical (unpaired) electrons. The van der Waals surface area contributed by atoms with E-state index in [1.165, 1.54) is 12.1 Å². The van der Waals surface area contributed by atoms with Crippen LogP contribution in [0.25, 0.3) is 11.4 Å². The molecule has 4 rings (SSSR count). The Morgan fingerprint density at radius 3 is 2.45 bits per heavy atom. The van der Waals surface area contributed by atoms with Crippen LogP contribution < -0.4 is 5.32 Å². The van der Waals surface area contributed by atoms with Gasteiger partial charge in [-0.1, -0.05) is 26.0 Å². The second-order valence-corrected chi connectivity index (χ2v) is 7.73. The molecule has 0 saturated heterocycles. The van der Waals surface area contributed by atoms with Gasteiger partial charge in [0.05, 0.1) is 34.9 Å². The molecule has 0 spiro atoms. The van der Waals surface area contributed by atoms with Crippen LogP contribution in [0.1, 0.15) is 54.3 Å². The minimum absolute atomic E-state index is 0.0479. The summed E-state index contributed by atoms with van der Waals surface area (Å²) in [7, 11) is 0. The highest BCUT2D eigenvalue weighted by molar-refractivity contribution is 5.95. The number of carbonyl (C=O) groups excluding carboxylic acids is 1. The molecule has 0 fully saturated rings. The zero-order valence-electron chi connectivity index (χ0n) is 17.7. The average molecular weight is 417 g/mol. The van der Waals surface area contributed by atoms with Gasteiger partial charge in [-0.15, -0.1) is 0 Å². The van der Waals surface area contributed by atoms with E-state index in [9.17, 15) is 9.18 Å². The normalized spacial score (nSPS) is 12.2. The third kappa shape index (κ3) is 4.26. The van der Waals surface area contributed by atoms with E-state index in [0.29, 0.717) is 11.3 Å². The van der Waals surface area contributed by atoms with E-state index < -0.39 is 0 Å². The van der Waals surface area contributed by atoms with Gasteiger partial charge in [0.15, 0.2) is 0 Å². The standard InChI is InChI=1S/C24H24FN5O/c1-16(2)23-22(15-27-30(23)20-10-8-19(25)9-11-20)24(31)28-17(3)18-6-4-7-21(14-18)29-13-5-12-26-29/h4-17H,1-3H3,(H,28,31). The van der Waals surface area contributed by atoms with Gasteiger partial charge in [0.1, 0.15) is 5.82 Å². The first kappa shape index (κ1) is 20.5. The number of hydrogen-bond donors (Lipinski definition) is 1. The van der Waals surface area contributed by atoms with Gasteiger partial charge < -0.3 is 5.32 Å². The van der Waals surface area contributed by atoms with Crippen molar-refractivity contribution in [2.45, 2.75) is 32.7 Å². The SMILES string of the molecule is CC(C)c1c(C(=O)NC(C)c2cccc(-n3cccn3)c2)cnn1-c1ccc(F)cc1. The van der Waals surface area contributed by atoms with Crippen molar-refractivity contribution in [2.24, 2.45) is 0 Å². The van der Waals surface area contributed by atoms with Crippen molar-refractivity contribution in [1.82, 2.24) is 24.9 Å². The second-order valence-electron chi connectivity index (χ2n) is 7.73. The van der Waals surface area contributed by atoms with Gasteiger partial charge in [0, 0.05) is 12.4 Å². The highest BCUT2D eigenvalue weighted by atomic mass is 19.1. The summed E-state index contributed by atoms with van der Waals surface area (Å²) in [6, 6.07) is 15.6. The molecule has 0 aliphatic carbocycles. The molecule has 2 heterocycles. The summed E-state index contributed by atoms with van der Waals surface area (Å²) < 4.78 is 16.8. The largest absolute Gasteiger partial charge is 0.345 e. The quantitative estimate of drug-likeness (QED) is 0.490. The van der Waals surface area contributed by atoms with E-state index in [1.54, 1.807) is 33.9 Å². The lowest BCUT2D eigenvalue weighted by molar-refractivity contribution is 0.0938. The Morgan fingerprint density at radius 1 is 1.00 bits per heavy atom. The lowest BCUT2D eigenvalue weighted by Gasteiger charge is -2.17. The molecular weight excluding hydrogens is 393 g/mol. The monoisotopic (exact) mass is 417 g/mol. The number of hydrogen-bond acceptors (Lipinski definition) is 3. The fourth-order valence-electron chi connectivity index (χ4n) is 3.59. The predicted octanol–water partition coefficient (Wildman–Crippen LogP) is 4.81. The molecule has 0 aliphatic heterocycles. The fraction of sp³-hybridized carbons (Fsp3) is 0.208. The summed E-state index contributed by atoms with van der Waals surface area (Å²) in [5.74, 6) is -0.466. The Morgan fingerprint density at radius 2 is 1.77 bits per heavy atom. The van der Waals surface area contributed by atoms with Crippen molar-refractivity contribution in [3.05, 3.63) is 95.8 Å². The number of benzene rings is 2. The van der Waals surface area contributed by atoms with Crippen molar-refractivity contribution >= 4 is 5.91 Å². The van der Waals surface area contributed by atoms with Crippen molar-refractivity contribution in [3.63, 3.8) is 0 Å². The van der Waals surface area contributed by atoms with Crippen molar-refractivity contribution in [2.75, 3.05) is 0 Å². The molecule has 31 heavy (non-hydrogen) atoms. The molecule has 2 aromatic heterocycles. The smallest absolute Gasteiger partial charge is 0.255 e. The number of amides is 1. The van der Waals surface area contributed by atoms with Gasteiger partial charge in [0.25, 0.3) is 5.91 Å². The summed E-state index contributed by atoms with van der Waals surface area (Å²) in [5, 5.41) is 11.7. The first-order valence-corrected chi connectivity index (χ1v) is 10.2. The van der Waals surface area contributed by atoms with Crippen LogP contribution in [-0.4, -0.2) is 25.5 Å². The molecule has 4 aromatic rings. The molecule has 2 aromatic carbocycles. The zero-order valence-corrected chi connectivity index (χ0v) is 17.7. The van der Waals surface area contributed by atoms with E-state index in [4.69, 9.17) is 0 Å². The Labute approximate surface area is 180 Å². The first-order chi connectivity index (χ1) is 14.9. The van der Waals surface area contributed by atoms with Gasteiger partial charge in [-0.05, 0) is 60.9 Å². The third-order valence-corrected chi connectivity index (χ3v) is 5.16. The molecule has 1 unspecified atom stereocenters. The summed E-state index contributed by atoms with van der Waals surface area (Å²) in [4.78, 5) is 13.1. The first-order valence-electron chi connectivity index (χ1n) is 10.2. The topological polar surface area (TPSA) is 64.7 Å². The van der Waals surface area contributed by atoms with E-state index in [0.717, 1.165) is 16.9 Å². The number of nitrogens with one attached hydrogen (secondary N) is 1. The van der Waals surface area contributed by atoms with Crippen molar-refractivity contribution in [1.29, 1.82) is 0 Å². The molecule has 6 nitrogen and oxygen atoms in total. The summed E-state index contributed by atoms with van der Waals surface area (Å²) >= 11 is 0. The number of aromatic nitrogens is 4. The molecule has 1 N–H and O–H groups in total. The number of carbonyl (C=O) groups is 1. The molecular formula is C24H24FN5O. The van der Waals surface area contributed by atoms with Crippen LogP contribution in [0.5, 0.6) is 0 Å². The molecule has 1 atom stereocenters. The Kier molecular flexibility index (Phi) is 5.66. The van der Waals surface area contributed by atoms with E-state index in [2.05, 4.69) is 15.5 Å². The number of halogens is 1. The maximum absolute atomic E-state index is 13.3. The van der Waals surface area contributed by atoms with Crippen LogP contribution in [0, 0.1) is 5.82 Å². The molecule has 7 heteroatoms. The summed E-state index contributed by atoms with van der Waals surface area (Å²) in [5.41, 5.74) is 3.90. The van der Waals surface area contributed by atoms with Crippen molar-refractivity contribution in [3.8, 4) is 11.4 Å². The van der Waals surface area contributed by atoms with Gasteiger partial charge in [0.2, 0.25) is 0 Å². The lowest BCUT2D eigenvalue weighted by Crippen LogP contribution is -2.27. The number of rotatable bonds is 6. The Hall–Kier alpha value is -3.74. The van der Waals surface area contributed by atoms with Gasteiger partial charge >= 0.3 is 0 Å². The summed E-state index contributed by atoms with van der Waals surface area (Å²) in [6.07, 6.45) is 5.17. The van der Waals surface area contributed by atoms with Crippen LogP contribution in [0.4, 0.5) is 4.39 Å².